The standard InChI is InChI=1S/C18H21Cl2N3O2S/c19-15-1-5-17(6-2-15)23-13-11-22(12-14-23)10-9-21-26(24,25)18-7-3-16(20)4-8-18/h1-8,21H,9-14H2. The van der Waals surface area contributed by atoms with E-state index >= 15 is 0 Å². The largest absolute Gasteiger partial charge is 0.369 e. The van der Waals surface area contributed by atoms with E-state index in [4.69, 9.17) is 23.2 Å². The second-order valence-corrected chi connectivity index (χ2v) is 8.80. The van der Waals surface area contributed by atoms with Gasteiger partial charge in [-0.05, 0) is 48.5 Å². The second kappa shape index (κ2) is 8.59. The molecule has 0 radical (unpaired) electrons. The van der Waals surface area contributed by atoms with Crippen molar-refractivity contribution in [2.75, 3.05) is 44.2 Å². The van der Waals surface area contributed by atoms with Crippen molar-refractivity contribution in [1.29, 1.82) is 0 Å². The molecule has 0 spiro atoms. The van der Waals surface area contributed by atoms with Crippen molar-refractivity contribution in [3.8, 4) is 0 Å². The Labute approximate surface area is 164 Å². The molecule has 140 valence electrons. The third-order valence-corrected chi connectivity index (χ3v) is 6.39. The summed E-state index contributed by atoms with van der Waals surface area (Å²) in [4.78, 5) is 4.80. The van der Waals surface area contributed by atoms with E-state index in [0.29, 0.717) is 18.1 Å². The molecule has 2 aromatic rings. The highest BCUT2D eigenvalue weighted by atomic mass is 35.5. The topological polar surface area (TPSA) is 52.7 Å². The van der Waals surface area contributed by atoms with Crippen molar-refractivity contribution in [2.24, 2.45) is 0 Å². The zero-order valence-electron chi connectivity index (χ0n) is 14.2. The molecule has 1 N–H and O–H groups in total. The number of benzene rings is 2. The summed E-state index contributed by atoms with van der Waals surface area (Å²) in [5.41, 5.74) is 1.16. The molecule has 0 bridgehead atoms. The molecule has 1 fully saturated rings. The van der Waals surface area contributed by atoms with Crippen LogP contribution in [0.5, 0.6) is 0 Å². The molecular formula is C18H21Cl2N3O2S. The van der Waals surface area contributed by atoms with Gasteiger partial charge in [0.2, 0.25) is 10.0 Å². The molecule has 0 amide bonds. The van der Waals surface area contributed by atoms with Gasteiger partial charge >= 0.3 is 0 Å². The number of nitrogens with one attached hydrogen (secondary N) is 1. The number of nitrogens with zero attached hydrogens (tertiary/aromatic N) is 2. The van der Waals surface area contributed by atoms with Crippen LogP contribution in [-0.4, -0.2) is 52.6 Å². The van der Waals surface area contributed by atoms with Crippen LogP contribution in [0.15, 0.2) is 53.4 Å². The van der Waals surface area contributed by atoms with Crippen molar-refractivity contribution >= 4 is 38.9 Å². The Bertz CT molecular complexity index is 819. The fourth-order valence-electron chi connectivity index (χ4n) is 2.92. The average molecular weight is 414 g/mol. The lowest BCUT2D eigenvalue weighted by molar-refractivity contribution is 0.262. The first-order chi connectivity index (χ1) is 12.4. The first kappa shape index (κ1) is 19.5. The molecule has 0 aromatic heterocycles. The number of halogens is 2. The molecular weight excluding hydrogens is 393 g/mol. The molecule has 0 saturated carbocycles. The minimum absolute atomic E-state index is 0.231. The first-order valence-corrected chi connectivity index (χ1v) is 10.7. The van der Waals surface area contributed by atoms with Crippen LogP contribution in [-0.2, 0) is 10.0 Å². The molecule has 0 atom stereocenters. The normalized spacial score (nSPS) is 16.0. The monoisotopic (exact) mass is 413 g/mol. The van der Waals surface area contributed by atoms with E-state index < -0.39 is 10.0 Å². The number of rotatable bonds is 6. The SMILES string of the molecule is O=S(=O)(NCCN1CCN(c2ccc(Cl)cc2)CC1)c1ccc(Cl)cc1. The third-order valence-electron chi connectivity index (χ3n) is 4.41. The summed E-state index contributed by atoms with van der Waals surface area (Å²) in [6.45, 7) is 4.67. The summed E-state index contributed by atoms with van der Waals surface area (Å²) in [5.74, 6) is 0. The Morgan fingerprint density at radius 3 is 1.96 bits per heavy atom. The van der Waals surface area contributed by atoms with E-state index in [1.54, 1.807) is 12.1 Å². The van der Waals surface area contributed by atoms with E-state index in [1.807, 2.05) is 24.3 Å². The molecule has 1 saturated heterocycles. The van der Waals surface area contributed by atoms with E-state index in [2.05, 4.69) is 14.5 Å². The lowest BCUT2D eigenvalue weighted by Gasteiger charge is -2.36. The zero-order valence-corrected chi connectivity index (χ0v) is 16.6. The minimum Gasteiger partial charge on any atom is -0.369 e. The predicted octanol–water partition coefficient (Wildman–Crippen LogP) is 3.09. The summed E-state index contributed by atoms with van der Waals surface area (Å²) >= 11 is 11.7. The van der Waals surface area contributed by atoms with Crippen LogP contribution in [0.2, 0.25) is 10.0 Å². The maximum atomic E-state index is 12.3. The van der Waals surface area contributed by atoms with Crippen LogP contribution in [0.4, 0.5) is 5.69 Å². The highest BCUT2D eigenvalue weighted by molar-refractivity contribution is 7.89. The van der Waals surface area contributed by atoms with Gasteiger partial charge in [0.25, 0.3) is 0 Å². The molecule has 26 heavy (non-hydrogen) atoms. The molecule has 5 nitrogen and oxygen atoms in total. The van der Waals surface area contributed by atoms with Gasteiger partial charge in [0.1, 0.15) is 0 Å². The van der Waals surface area contributed by atoms with Gasteiger partial charge in [0, 0.05) is 55.0 Å². The lowest BCUT2D eigenvalue weighted by atomic mass is 10.2. The van der Waals surface area contributed by atoms with Crippen molar-refractivity contribution in [3.63, 3.8) is 0 Å². The Balaban J connectivity index is 1.45. The minimum atomic E-state index is -3.49. The van der Waals surface area contributed by atoms with E-state index in [0.717, 1.165) is 36.9 Å². The highest BCUT2D eigenvalue weighted by Crippen LogP contribution is 2.19. The van der Waals surface area contributed by atoms with Crippen molar-refractivity contribution in [1.82, 2.24) is 9.62 Å². The summed E-state index contributed by atoms with van der Waals surface area (Å²) in [5, 5.41) is 1.25. The van der Waals surface area contributed by atoms with Crippen LogP contribution in [0.3, 0.4) is 0 Å². The smallest absolute Gasteiger partial charge is 0.240 e. The molecule has 8 heteroatoms. The van der Waals surface area contributed by atoms with Gasteiger partial charge < -0.3 is 4.90 Å². The number of sulfonamides is 1. The average Bonchev–Trinajstić information content (AvgIpc) is 2.63. The van der Waals surface area contributed by atoms with Gasteiger partial charge in [-0.1, -0.05) is 23.2 Å². The summed E-state index contributed by atoms with van der Waals surface area (Å²) in [7, 11) is -3.49. The fraction of sp³-hybridized carbons (Fsp3) is 0.333. The molecule has 1 aliphatic rings. The number of hydrogen-bond acceptors (Lipinski definition) is 4. The van der Waals surface area contributed by atoms with Crippen molar-refractivity contribution < 1.29 is 8.42 Å². The van der Waals surface area contributed by atoms with Gasteiger partial charge in [-0.3, -0.25) is 4.90 Å². The van der Waals surface area contributed by atoms with Gasteiger partial charge in [0.15, 0.2) is 0 Å². The molecule has 1 heterocycles. The van der Waals surface area contributed by atoms with Gasteiger partial charge in [-0.15, -0.1) is 0 Å². The number of piperazine rings is 1. The maximum absolute atomic E-state index is 12.3. The van der Waals surface area contributed by atoms with Gasteiger partial charge in [-0.25, -0.2) is 13.1 Å². The Hall–Kier alpha value is -1.31. The van der Waals surface area contributed by atoms with E-state index in [9.17, 15) is 8.42 Å². The van der Waals surface area contributed by atoms with E-state index in [1.165, 1.54) is 12.1 Å². The third kappa shape index (κ3) is 5.11. The Morgan fingerprint density at radius 1 is 0.846 bits per heavy atom. The summed E-state index contributed by atoms with van der Waals surface area (Å²) < 4.78 is 27.2. The first-order valence-electron chi connectivity index (χ1n) is 8.42. The van der Waals surface area contributed by atoms with Crippen LogP contribution in [0.25, 0.3) is 0 Å². The van der Waals surface area contributed by atoms with Gasteiger partial charge in [0.05, 0.1) is 4.90 Å². The van der Waals surface area contributed by atoms with Crippen LogP contribution < -0.4 is 9.62 Å². The van der Waals surface area contributed by atoms with Crippen molar-refractivity contribution in [3.05, 3.63) is 58.6 Å². The fourth-order valence-corrected chi connectivity index (χ4v) is 4.19. The predicted molar refractivity (Wildman–Crippen MR) is 107 cm³/mol. The Kier molecular flexibility index (Phi) is 6.42. The molecule has 2 aromatic carbocycles. The second-order valence-electron chi connectivity index (χ2n) is 6.16. The maximum Gasteiger partial charge on any atom is 0.240 e. The zero-order chi connectivity index (χ0) is 18.6. The molecule has 0 aliphatic carbocycles. The van der Waals surface area contributed by atoms with Crippen LogP contribution in [0.1, 0.15) is 0 Å². The Morgan fingerprint density at radius 2 is 1.38 bits per heavy atom. The van der Waals surface area contributed by atoms with Crippen molar-refractivity contribution in [2.45, 2.75) is 4.90 Å². The molecule has 0 unspecified atom stereocenters. The van der Waals surface area contributed by atoms with E-state index in [-0.39, 0.29) is 4.90 Å². The molecule has 1 aliphatic heterocycles. The summed E-state index contributed by atoms with van der Waals surface area (Å²) in [6, 6.07) is 14.0. The highest BCUT2D eigenvalue weighted by Gasteiger charge is 2.18. The number of anilines is 1. The quantitative estimate of drug-likeness (QED) is 0.790. The lowest BCUT2D eigenvalue weighted by Crippen LogP contribution is -2.48. The summed E-state index contributed by atoms with van der Waals surface area (Å²) in [6.07, 6.45) is 0. The van der Waals surface area contributed by atoms with Crippen LogP contribution in [0, 0.1) is 0 Å². The van der Waals surface area contributed by atoms with Gasteiger partial charge in [-0.2, -0.15) is 0 Å². The number of hydrogen-bond donors (Lipinski definition) is 1. The van der Waals surface area contributed by atoms with Crippen LogP contribution >= 0.6 is 23.2 Å². The molecule has 3 rings (SSSR count).